The number of carbonyl (C=O) groups excluding carboxylic acids is 1. The van der Waals surface area contributed by atoms with E-state index in [4.69, 9.17) is 4.74 Å². The van der Waals surface area contributed by atoms with Crippen molar-refractivity contribution in [2.45, 2.75) is 11.3 Å². The highest BCUT2D eigenvalue weighted by molar-refractivity contribution is 7.92. The number of pyridine rings is 1. The van der Waals surface area contributed by atoms with Crippen LogP contribution in [0.3, 0.4) is 0 Å². The zero-order valence-electron chi connectivity index (χ0n) is 15.7. The Morgan fingerprint density at radius 3 is 2.62 bits per heavy atom. The molecule has 1 aliphatic heterocycles. The van der Waals surface area contributed by atoms with Crippen LogP contribution in [-0.4, -0.2) is 33.0 Å². The van der Waals surface area contributed by atoms with E-state index in [0.29, 0.717) is 35.7 Å². The first-order valence-corrected chi connectivity index (χ1v) is 10.5. The second-order valence-corrected chi connectivity index (χ2v) is 8.26. The van der Waals surface area contributed by atoms with Crippen LogP contribution in [0.1, 0.15) is 15.9 Å². The molecule has 2 heterocycles. The Balaban J connectivity index is 1.60. The van der Waals surface area contributed by atoms with Crippen LogP contribution >= 0.6 is 0 Å². The van der Waals surface area contributed by atoms with Crippen molar-refractivity contribution in [1.29, 1.82) is 0 Å². The lowest BCUT2D eigenvalue weighted by molar-refractivity contribution is 0.0989. The molecule has 7 nitrogen and oxygen atoms in total. The van der Waals surface area contributed by atoms with E-state index in [1.807, 2.05) is 6.07 Å². The molecule has 0 saturated heterocycles. The van der Waals surface area contributed by atoms with Crippen molar-refractivity contribution in [2.75, 3.05) is 23.3 Å². The summed E-state index contributed by atoms with van der Waals surface area (Å²) in [5, 5.41) is 0. The standard InChI is InChI=1S/C21H19N3O4S/c1-28-18-6-8-19(9-7-18)29(26,27)23-17-5-4-15-10-12-24(20(15)13-17)21(25)16-3-2-11-22-14-16/h2-9,11,13-14,23H,10,12H2,1H3. The van der Waals surface area contributed by atoms with E-state index < -0.39 is 10.0 Å². The molecular formula is C21H19N3O4S. The minimum atomic E-state index is -3.76. The average Bonchev–Trinajstić information content (AvgIpc) is 3.17. The molecule has 1 aromatic heterocycles. The van der Waals surface area contributed by atoms with Crippen molar-refractivity contribution in [2.24, 2.45) is 0 Å². The molecule has 1 amide bonds. The summed E-state index contributed by atoms with van der Waals surface area (Å²) in [7, 11) is -2.25. The first kappa shape index (κ1) is 18.9. The van der Waals surface area contributed by atoms with Gasteiger partial charge in [0.2, 0.25) is 0 Å². The Kier molecular flexibility index (Phi) is 4.94. The van der Waals surface area contributed by atoms with Gasteiger partial charge in [-0.05, 0) is 60.5 Å². The third-order valence-electron chi connectivity index (χ3n) is 4.76. The van der Waals surface area contributed by atoms with Crippen molar-refractivity contribution in [3.05, 3.63) is 78.1 Å². The van der Waals surface area contributed by atoms with E-state index in [1.54, 1.807) is 47.5 Å². The third kappa shape index (κ3) is 3.79. The monoisotopic (exact) mass is 409 g/mol. The average molecular weight is 409 g/mol. The minimum absolute atomic E-state index is 0.127. The van der Waals surface area contributed by atoms with Crippen LogP contribution in [0.2, 0.25) is 0 Å². The molecule has 0 atom stereocenters. The summed E-state index contributed by atoms with van der Waals surface area (Å²) in [4.78, 5) is 18.6. The van der Waals surface area contributed by atoms with E-state index in [9.17, 15) is 13.2 Å². The zero-order chi connectivity index (χ0) is 20.4. The first-order valence-electron chi connectivity index (χ1n) is 8.99. The maximum absolute atomic E-state index is 12.8. The van der Waals surface area contributed by atoms with Gasteiger partial charge < -0.3 is 9.64 Å². The van der Waals surface area contributed by atoms with Gasteiger partial charge in [-0.15, -0.1) is 0 Å². The van der Waals surface area contributed by atoms with Crippen LogP contribution in [0, 0.1) is 0 Å². The molecule has 0 radical (unpaired) electrons. The largest absolute Gasteiger partial charge is 0.497 e. The number of benzene rings is 2. The first-order chi connectivity index (χ1) is 14.0. The summed E-state index contributed by atoms with van der Waals surface area (Å²) in [5.41, 5.74) is 2.58. The molecule has 148 valence electrons. The van der Waals surface area contributed by atoms with E-state index in [2.05, 4.69) is 9.71 Å². The Morgan fingerprint density at radius 2 is 1.93 bits per heavy atom. The van der Waals surface area contributed by atoms with Crippen LogP contribution in [0.4, 0.5) is 11.4 Å². The van der Waals surface area contributed by atoms with Gasteiger partial charge in [0.15, 0.2) is 0 Å². The SMILES string of the molecule is COc1ccc(S(=O)(=O)Nc2ccc3c(c2)N(C(=O)c2cccnc2)CC3)cc1. The smallest absolute Gasteiger partial charge is 0.261 e. The second-order valence-electron chi connectivity index (χ2n) is 6.57. The summed E-state index contributed by atoms with van der Waals surface area (Å²) in [6.45, 7) is 0.539. The number of amides is 1. The second kappa shape index (κ2) is 7.56. The maximum atomic E-state index is 12.8. The fraction of sp³-hybridized carbons (Fsp3) is 0.143. The molecule has 0 bridgehead atoms. The Labute approximate surface area is 169 Å². The number of hydrogen-bond acceptors (Lipinski definition) is 5. The zero-order valence-corrected chi connectivity index (χ0v) is 16.5. The molecule has 1 aliphatic rings. The summed E-state index contributed by atoms with van der Waals surface area (Å²) in [5.74, 6) is 0.415. The predicted octanol–water partition coefficient (Wildman–Crippen LogP) is 3.09. The van der Waals surface area contributed by atoms with Gasteiger partial charge in [0.1, 0.15) is 5.75 Å². The number of methoxy groups -OCH3 is 1. The lowest BCUT2D eigenvalue weighted by Gasteiger charge is -2.18. The van der Waals surface area contributed by atoms with Crippen LogP contribution in [-0.2, 0) is 16.4 Å². The normalized spacial score (nSPS) is 13.1. The van der Waals surface area contributed by atoms with Crippen molar-refractivity contribution in [3.63, 3.8) is 0 Å². The number of anilines is 2. The molecule has 4 rings (SSSR count). The van der Waals surface area contributed by atoms with Crippen molar-refractivity contribution in [3.8, 4) is 5.75 Å². The fourth-order valence-corrected chi connectivity index (χ4v) is 4.32. The molecule has 0 aliphatic carbocycles. The quantitative estimate of drug-likeness (QED) is 0.700. The molecule has 0 unspecified atom stereocenters. The van der Waals surface area contributed by atoms with Gasteiger partial charge >= 0.3 is 0 Å². The topological polar surface area (TPSA) is 88.6 Å². The molecule has 1 N–H and O–H groups in total. The predicted molar refractivity (Wildman–Crippen MR) is 110 cm³/mol. The highest BCUT2D eigenvalue weighted by atomic mass is 32.2. The number of nitrogens with zero attached hydrogens (tertiary/aromatic N) is 2. The number of hydrogen-bond donors (Lipinski definition) is 1. The van der Waals surface area contributed by atoms with Gasteiger partial charge in [0.05, 0.1) is 23.3 Å². The molecule has 0 saturated carbocycles. The van der Waals surface area contributed by atoms with Crippen molar-refractivity contribution >= 4 is 27.3 Å². The Bertz CT molecular complexity index is 1150. The number of aromatic nitrogens is 1. The Hall–Kier alpha value is -3.39. The summed E-state index contributed by atoms with van der Waals surface area (Å²) in [6.07, 6.45) is 3.85. The van der Waals surface area contributed by atoms with Gasteiger partial charge in [-0.1, -0.05) is 6.07 Å². The Morgan fingerprint density at radius 1 is 1.14 bits per heavy atom. The molecule has 0 spiro atoms. The van der Waals surface area contributed by atoms with E-state index >= 15 is 0 Å². The number of fused-ring (bicyclic) bond motifs is 1. The lowest BCUT2D eigenvalue weighted by Crippen LogP contribution is -2.29. The molecular weight excluding hydrogens is 390 g/mol. The lowest BCUT2D eigenvalue weighted by atomic mass is 10.1. The van der Waals surface area contributed by atoms with Gasteiger partial charge in [0.25, 0.3) is 15.9 Å². The van der Waals surface area contributed by atoms with E-state index in [-0.39, 0.29) is 10.8 Å². The van der Waals surface area contributed by atoms with Gasteiger partial charge in [-0.2, -0.15) is 0 Å². The number of sulfonamides is 1. The summed E-state index contributed by atoms with van der Waals surface area (Å²) < 4.78 is 33.0. The van der Waals surface area contributed by atoms with Crippen LogP contribution in [0.5, 0.6) is 5.75 Å². The highest BCUT2D eigenvalue weighted by Gasteiger charge is 2.26. The van der Waals surface area contributed by atoms with E-state index in [1.165, 1.54) is 25.4 Å². The van der Waals surface area contributed by atoms with Crippen LogP contribution < -0.4 is 14.4 Å². The fourth-order valence-electron chi connectivity index (χ4n) is 3.27. The van der Waals surface area contributed by atoms with Gasteiger partial charge in [0, 0.05) is 24.6 Å². The molecule has 29 heavy (non-hydrogen) atoms. The van der Waals surface area contributed by atoms with E-state index in [0.717, 1.165) is 5.56 Å². The maximum Gasteiger partial charge on any atom is 0.261 e. The molecule has 8 heteroatoms. The molecule has 2 aromatic carbocycles. The highest BCUT2D eigenvalue weighted by Crippen LogP contribution is 2.32. The van der Waals surface area contributed by atoms with Gasteiger partial charge in [-0.3, -0.25) is 14.5 Å². The molecule has 0 fully saturated rings. The molecule has 3 aromatic rings. The number of ether oxygens (including phenoxy) is 1. The number of carbonyl (C=O) groups is 1. The van der Waals surface area contributed by atoms with Crippen molar-refractivity contribution in [1.82, 2.24) is 4.98 Å². The number of rotatable bonds is 5. The minimum Gasteiger partial charge on any atom is -0.497 e. The summed E-state index contributed by atoms with van der Waals surface area (Å²) >= 11 is 0. The van der Waals surface area contributed by atoms with Crippen molar-refractivity contribution < 1.29 is 17.9 Å². The summed E-state index contributed by atoms with van der Waals surface area (Å²) in [6, 6.07) is 14.8. The van der Waals surface area contributed by atoms with Gasteiger partial charge in [-0.25, -0.2) is 8.42 Å². The third-order valence-corrected chi connectivity index (χ3v) is 6.15. The van der Waals surface area contributed by atoms with Crippen LogP contribution in [0.15, 0.2) is 71.9 Å². The van der Waals surface area contributed by atoms with Crippen LogP contribution in [0.25, 0.3) is 0 Å². The number of nitrogens with one attached hydrogen (secondary N) is 1.